The molecule has 1 aromatic carbocycles. The summed E-state index contributed by atoms with van der Waals surface area (Å²) in [6, 6.07) is 5.42. The molecule has 0 fully saturated rings. The molecule has 112 valence electrons. The van der Waals surface area contributed by atoms with E-state index in [1.165, 1.54) is 17.0 Å². The van der Waals surface area contributed by atoms with Crippen LogP contribution in [0.5, 0.6) is 0 Å². The Morgan fingerprint density at radius 3 is 2.40 bits per heavy atom. The summed E-state index contributed by atoms with van der Waals surface area (Å²) in [5.74, 6) is 0. The number of primary sulfonamides is 1. The van der Waals surface area contributed by atoms with Crippen LogP contribution in [0.1, 0.15) is 32.6 Å². The van der Waals surface area contributed by atoms with Crippen LogP contribution in [-0.2, 0) is 10.0 Å². The molecule has 0 aromatic heterocycles. The number of amides is 2. The predicted molar refractivity (Wildman–Crippen MR) is 78.9 cm³/mol. The Morgan fingerprint density at radius 2 is 1.85 bits per heavy atom. The van der Waals surface area contributed by atoms with Gasteiger partial charge in [0.05, 0.1) is 5.69 Å². The number of nitrogens with zero attached hydrogens (tertiary/aromatic N) is 1. The lowest BCUT2D eigenvalue weighted by Gasteiger charge is -2.22. The monoisotopic (exact) mass is 299 g/mol. The first kappa shape index (κ1) is 16.5. The molecular formula is C13H21N3O3S. The van der Waals surface area contributed by atoms with Crippen LogP contribution in [0.25, 0.3) is 0 Å². The number of benzene rings is 1. The summed E-state index contributed by atoms with van der Waals surface area (Å²) >= 11 is 0. The Bertz CT molecular complexity index is 558. The quantitative estimate of drug-likeness (QED) is 0.749. The first-order chi connectivity index (χ1) is 9.38. The topological polar surface area (TPSA) is 106 Å². The number of unbranched alkanes of at least 4 members (excludes halogenated alkanes) is 3. The van der Waals surface area contributed by atoms with Crippen molar-refractivity contribution in [2.75, 3.05) is 11.4 Å². The molecule has 0 aliphatic heterocycles. The highest BCUT2D eigenvalue weighted by Crippen LogP contribution is 2.24. The van der Waals surface area contributed by atoms with Crippen molar-refractivity contribution >= 4 is 21.7 Å². The molecule has 2 amide bonds. The zero-order valence-corrected chi connectivity index (χ0v) is 12.4. The van der Waals surface area contributed by atoms with E-state index < -0.39 is 16.1 Å². The molecule has 0 saturated heterocycles. The maximum atomic E-state index is 11.6. The number of rotatable bonds is 7. The van der Waals surface area contributed by atoms with Crippen LogP contribution in [-0.4, -0.2) is 21.0 Å². The second-order valence-electron chi connectivity index (χ2n) is 4.56. The van der Waals surface area contributed by atoms with E-state index in [2.05, 4.69) is 6.92 Å². The molecular weight excluding hydrogens is 278 g/mol. The summed E-state index contributed by atoms with van der Waals surface area (Å²) < 4.78 is 23.1. The van der Waals surface area contributed by atoms with Gasteiger partial charge in [-0.05, 0) is 18.6 Å². The van der Waals surface area contributed by atoms with Crippen LogP contribution in [0.4, 0.5) is 10.5 Å². The molecule has 4 N–H and O–H groups in total. The van der Waals surface area contributed by atoms with Crippen LogP contribution in [0.3, 0.4) is 0 Å². The average Bonchev–Trinajstić information content (AvgIpc) is 2.37. The first-order valence-corrected chi connectivity index (χ1v) is 8.11. The Labute approximate surface area is 119 Å². The molecule has 0 atom stereocenters. The van der Waals surface area contributed by atoms with Crippen molar-refractivity contribution in [3.05, 3.63) is 24.3 Å². The molecule has 0 bridgehead atoms. The summed E-state index contributed by atoms with van der Waals surface area (Å²) in [4.78, 5) is 12.7. The largest absolute Gasteiger partial charge is 0.351 e. The van der Waals surface area contributed by atoms with Crippen LogP contribution >= 0.6 is 0 Å². The van der Waals surface area contributed by atoms with Crippen LogP contribution < -0.4 is 15.8 Å². The lowest BCUT2D eigenvalue weighted by Crippen LogP contribution is -2.37. The number of carbonyl (C=O) groups excluding carboxylic acids is 1. The summed E-state index contributed by atoms with van der Waals surface area (Å²) in [5, 5.41) is 5.17. The van der Waals surface area contributed by atoms with Gasteiger partial charge in [-0.25, -0.2) is 18.4 Å². The van der Waals surface area contributed by atoms with Crippen molar-refractivity contribution in [1.82, 2.24) is 0 Å². The van der Waals surface area contributed by atoms with Crippen molar-refractivity contribution < 1.29 is 13.2 Å². The Balaban J connectivity index is 3.01. The Hall–Kier alpha value is -1.60. The maximum Gasteiger partial charge on any atom is 0.319 e. The fraction of sp³-hybridized carbons (Fsp3) is 0.462. The molecule has 0 spiro atoms. The molecule has 0 unspecified atom stereocenters. The zero-order chi connectivity index (χ0) is 15.2. The minimum absolute atomic E-state index is 0.0886. The molecule has 0 aliphatic rings. The second kappa shape index (κ2) is 7.25. The smallest absolute Gasteiger partial charge is 0.319 e. The summed E-state index contributed by atoms with van der Waals surface area (Å²) in [5.41, 5.74) is 5.58. The Morgan fingerprint density at radius 1 is 1.20 bits per heavy atom. The third-order valence-corrected chi connectivity index (χ3v) is 3.92. The van der Waals surface area contributed by atoms with Gasteiger partial charge in [0.2, 0.25) is 10.0 Å². The minimum atomic E-state index is -3.90. The number of nitrogens with two attached hydrogens (primary N) is 2. The van der Waals surface area contributed by atoms with Gasteiger partial charge >= 0.3 is 6.03 Å². The van der Waals surface area contributed by atoms with Gasteiger partial charge in [0.15, 0.2) is 0 Å². The van der Waals surface area contributed by atoms with Crippen LogP contribution in [0.2, 0.25) is 0 Å². The second-order valence-corrected chi connectivity index (χ2v) is 6.09. The Kier molecular flexibility index (Phi) is 5.97. The predicted octanol–water partition coefficient (Wildman–Crippen LogP) is 1.80. The van der Waals surface area contributed by atoms with Gasteiger partial charge in [0.25, 0.3) is 0 Å². The number of para-hydroxylation sites is 1. The van der Waals surface area contributed by atoms with Gasteiger partial charge in [-0.1, -0.05) is 38.3 Å². The van der Waals surface area contributed by atoms with E-state index in [-0.39, 0.29) is 10.6 Å². The molecule has 1 aromatic rings. The number of carbonyl (C=O) groups is 1. The van der Waals surface area contributed by atoms with Crippen LogP contribution in [0.15, 0.2) is 29.2 Å². The average molecular weight is 299 g/mol. The minimum Gasteiger partial charge on any atom is -0.351 e. The summed E-state index contributed by atoms with van der Waals surface area (Å²) in [6.45, 7) is 2.46. The van der Waals surface area contributed by atoms with Gasteiger partial charge in [-0.2, -0.15) is 0 Å². The van der Waals surface area contributed by atoms with Gasteiger partial charge in [0, 0.05) is 6.54 Å². The molecule has 0 heterocycles. The van der Waals surface area contributed by atoms with E-state index in [1.54, 1.807) is 12.1 Å². The van der Waals surface area contributed by atoms with Crippen molar-refractivity contribution in [2.45, 2.75) is 37.5 Å². The fourth-order valence-corrected chi connectivity index (χ4v) is 2.70. The van der Waals surface area contributed by atoms with Crippen molar-refractivity contribution in [3.8, 4) is 0 Å². The molecule has 20 heavy (non-hydrogen) atoms. The van der Waals surface area contributed by atoms with E-state index >= 15 is 0 Å². The molecule has 0 radical (unpaired) electrons. The molecule has 0 aliphatic carbocycles. The highest BCUT2D eigenvalue weighted by atomic mass is 32.2. The van der Waals surface area contributed by atoms with E-state index in [1.807, 2.05) is 0 Å². The summed E-state index contributed by atoms with van der Waals surface area (Å²) in [6.07, 6.45) is 3.85. The normalized spacial score (nSPS) is 11.3. The van der Waals surface area contributed by atoms with Crippen molar-refractivity contribution in [3.63, 3.8) is 0 Å². The molecule has 1 rings (SSSR count). The van der Waals surface area contributed by atoms with E-state index in [0.29, 0.717) is 6.54 Å². The molecule has 6 nitrogen and oxygen atoms in total. The first-order valence-electron chi connectivity index (χ1n) is 6.56. The lowest BCUT2D eigenvalue weighted by atomic mass is 10.2. The lowest BCUT2D eigenvalue weighted by molar-refractivity contribution is 0.253. The standard InChI is InChI=1S/C13H21N3O3S/c1-2-3-4-7-10-16(13(14)17)11-8-5-6-9-12(11)20(15,18)19/h5-6,8-9H,2-4,7,10H2,1H3,(H2,14,17)(H2,15,18,19). The molecule has 0 saturated carbocycles. The number of hydrogen-bond acceptors (Lipinski definition) is 3. The highest BCUT2D eigenvalue weighted by molar-refractivity contribution is 7.89. The number of primary amides is 1. The van der Waals surface area contributed by atoms with Crippen LogP contribution in [0, 0.1) is 0 Å². The third-order valence-electron chi connectivity index (χ3n) is 2.96. The van der Waals surface area contributed by atoms with E-state index in [0.717, 1.165) is 25.7 Å². The van der Waals surface area contributed by atoms with Gasteiger partial charge in [-0.3, -0.25) is 4.90 Å². The number of sulfonamides is 1. The van der Waals surface area contributed by atoms with Gasteiger partial charge in [-0.15, -0.1) is 0 Å². The zero-order valence-electron chi connectivity index (χ0n) is 11.6. The van der Waals surface area contributed by atoms with Crippen molar-refractivity contribution in [2.24, 2.45) is 10.9 Å². The van der Waals surface area contributed by atoms with Gasteiger partial charge in [0.1, 0.15) is 4.90 Å². The van der Waals surface area contributed by atoms with E-state index in [9.17, 15) is 13.2 Å². The van der Waals surface area contributed by atoms with Gasteiger partial charge < -0.3 is 5.73 Å². The maximum absolute atomic E-state index is 11.6. The number of hydrogen-bond donors (Lipinski definition) is 2. The molecule has 7 heteroatoms. The summed E-state index contributed by atoms with van der Waals surface area (Å²) in [7, 11) is -3.90. The third kappa shape index (κ3) is 4.50. The van der Waals surface area contributed by atoms with E-state index in [4.69, 9.17) is 10.9 Å². The number of anilines is 1. The fourth-order valence-electron chi connectivity index (χ4n) is 1.97. The SMILES string of the molecule is CCCCCCN(C(N)=O)c1ccccc1S(N)(=O)=O. The highest BCUT2D eigenvalue weighted by Gasteiger charge is 2.20. The number of urea groups is 1. The van der Waals surface area contributed by atoms with Crippen molar-refractivity contribution in [1.29, 1.82) is 0 Å².